The molecule has 9 nitrogen and oxygen atoms in total. The van der Waals surface area contributed by atoms with E-state index < -0.39 is 18.6 Å². The summed E-state index contributed by atoms with van der Waals surface area (Å²) in [6.45, 7) is -2.45. The molecule has 2 aliphatic heterocycles. The van der Waals surface area contributed by atoms with E-state index in [1.807, 2.05) is 6.07 Å². The largest absolute Gasteiger partial charge is 0.434 e. The number of carbonyl (C=O) groups is 1. The van der Waals surface area contributed by atoms with Gasteiger partial charge in [-0.1, -0.05) is 23.4 Å². The van der Waals surface area contributed by atoms with Crippen LogP contribution in [-0.4, -0.2) is 43.5 Å². The van der Waals surface area contributed by atoms with Gasteiger partial charge in [0, 0.05) is 40.4 Å². The first kappa shape index (κ1) is 28.5. The van der Waals surface area contributed by atoms with Gasteiger partial charge in [-0.15, -0.1) is 5.48 Å². The van der Waals surface area contributed by atoms with Crippen molar-refractivity contribution >= 4 is 12.2 Å². The van der Waals surface area contributed by atoms with Gasteiger partial charge in [0.05, 0.1) is 12.7 Å². The van der Waals surface area contributed by atoms with E-state index in [0.29, 0.717) is 16.8 Å². The molecule has 1 aromatic heterocycles. The predicted octanol–water partition coefficient (Wildman–Crippen LogP) is 5.57. The van der Waals surface area contributed by atoms with Gasteiger partial charge in [0.2, 0.25) is 0 Å². The Bertz CT molecular complexity index is 1390. The summed E-state index contributed by atoms with van der Waals surface area (Å²) < 4.78 is 58.3. The van der Waals surface area contributed by atoms with E-state index >= 15 is 4.39 Å². The second-order valence-electron chi connectivity index (χ2n) is 11.0. The van der Waals surface area contributed by atoms with Gasteiger partial charge < -0.3 is 23.7 Å². The predicted molar refractivity (Wildman–Crippen MR) is 146 cm³/mol. The number of fused-ring (bicyclic) bond motifs is 2. The second-order valence-corrected chi connectivity index (χ2v) is 11.0. The fourth-order valence-corrected chi connectivity index (χ4v) is 6.37. The summed E-state index contributed by atoms with van der Waals surface area (Å²) in [6, 6.07) is 12.1. The Hall–Kier alpha value is -3.61. The molecule has 3 fully saturated rings. The van der Waals surface area contributed by atoms with Crippen LogP contribution in [-0.2, 0) is 21.0 Å². The van der Waals surface area contributed by atoms with Gasteiger partial charge in [0.1, 0.15) is 29.2 Å². The third-order valence-corrected chi connectivity index (χ3v) is 8.39. The maximum Gasteiger partial charge on any atom is 0.387 e. The van der Waals surface area contributed by atoms with Gasteiger partial charge in [-0.2, -0.15) is 8.78 Å². The zero-order chi connectivity index (χ0) is 29.2. The SMILES string of the molecule is CNC(NOC=O)c1ccc(N2C3CCC2CC(OCc2c(-c4ccccc4OC(F)F)noc2C2CC2)C3)cc1F. The number of benzene rings is 2. The van der Waals surface area contributed by atoms with Gasteiger partial charge in [0.15, 0.2) is 0 Å². The minimum Gasteiger partial charge on any atom is -0.434 e. The molecule has 0 radical (unpaired) electrons. The molecule has 42 heavy (non-hydrogen) atoms. The minimum atomic E-state index is -2.95. The molecule has 0 amide bonds. The highest BCUT2D eigenvalue weighted by Crippen LogP contribution is 2.46. The van der Waals surface area contributed by atoms with Gasteiger partial charge in [0.25, 0.3) is 0 Å². The zero-order valence-corrected chi connectivity index (χ0v) is 23.1. The van der Waals surface area contributed by atoms with Gasteiger partial charge in [-0.3, -0.25) is 10.1 Å². The Balaban J connectivity index is 1.16. The van der Waals surface area contributed by atoms with Crippen molar-refractivity contribution in [3.8, 4) is 17.0 Å². The lowest BCUT2D eigenvalue weighted by Crippen LogP contribution is -2.45. The van der Waals surface area contributed by atoms with Crippen molar-refractivity contribution in [2.24, 2.45) is 0 Å². The molecule has 1 saturated carbocycles. The Morgan fingerprint density at radius 2 is 1.88 bits per heavy atom. The number of para-hydroxylation sites is 1. The number of carbonyl (C=O) groups excluding carboxylic acids is 1. The highest BCUT2D eigenvalue weighted by molar-refractivity contribution is 5.70. The second kappa shape index (κ2) is 12.3. The summed E-state index contributed by atoms with van der Waals surface area (Å²) >= 11 is 0. The number of hydrogen-bond donors (Lipinski definition) is 2. The highest BCUT2D eigenvalue weighted by Gasteiger charge is 2.42. The molecule has 2 saturated heterocycles. The number of nitrogens with one attached hydrogen (secondary N) is 2. The van der Waals surface area contributed by atoms with Crippen molar-refractivity contribution < 1.29 is 36.8 Å². The van der Waals surface area contributed by atoms with Crippen LogP contribution in [0.5, 0.6) is 5.75 Å². The quantitative estimate of drug-likeness (QED) is 0.151. The Morgan fingerprint density at radius 3 is 2.55 bits per heavy atom. The van der Waals surface area contributed by atoms with E-state index in [1.54, 1.807) is 31.3 Å². The van der Waals surface area contributed by atoms with Gasteiger partial charge in [-0.25, -0.2) is 4.39 Å². The molecule has 2 aromatic carbocycles. The summed E-state index contributed by atoms with van der Waals surface area (Å²) in [7, 11) is 1.64. The van der Waals surface area contributed by atoms with Crippen LogP contribution in [0.3, 0.4) is 0 Å². The van der Waals surface area contributed by atoms with Crippen LogP contribution in [0.1, 0.15) is 67.5 Å². The number of nitrogens with zero attached hydrogens (tertiary/aromatic N) is 2. The average Bonchev–Trinajstić information content (AvgIpc) is 3.68. The third-order valence-electron chi connectivity index (χ3n) is 8.39. The normalized spacial score (nSPS) is 22.4. The number of anilines is 1. The maximum absolute atomic E-state index is 15.1. The van der Waals surface area contributed by atoms with E-state index in [4.69, 9.17) is 14.0 Å². The minimum absolute atomic E-state index is 0.0245. The van der Waals surface area contributed by atoms with Crippen LogP contribution in [0.4, 0.5) is 18.9 Å². The van der Waals surface area contributed by atoms with Crippen molar-refractivity contribution in [3.05, 3.63) is 65.2 Å². The molecule has 224 valence electrons. The number of halogens is 3. The summed E-state index contributed by atoms with van der Waals surface area (Å²) in [4.78, 5) is 17.4. The maximum atomic E-state index is 15.1. The number of hydrogen-bond acceptors (Lipinski definition) is 9. The number of rotatable bonds is 13. The van der Waals surface area contributed by atoms with Gasteiger partial charge in [-0.05, 0) is 69.8 Å². The van der Waals surface area contributed by atoms with Gasteiger partial charge >= 0.3 is 13.1 Å². The molecule has 6 rings (SSSR count). The molecular weight excluding hydrogens is 553 g/mol. The van der Waals surface area contributed by atoms with Crippen LogP contribution < -0.4 is 20.4 Å². The Labute approximate surface area is 241 Å². The summed E-state index contributed by atoms with van der Waals surface area (Å²) in [6.07, 6.45) is 4.78. The van der Waals surface area contributed by atoms with Crippen molar-refractivity contribution in [1.29, 1.82) is 0 Å². The number of alkyl halides is 2. The van der Waals surface area contributed by atoms with E-state index in [2.05, 4.69) is 25.7 Å². The smallest absolute Gasteiger partial charge is 0.387 e. The van der Waals surface area contributed by atoms with Crippen molar-refractivity contribution in [1.82, 2.24) is 16.0 Å². The van der Waals surface area contributed by atoms with E-state index in [0.717, 1.165) is 55.5 Å². The summed E-state index contributed by atoms with van der Waals surface area (Å²) in [5.74, 6) is 0.643. The molecule has 1 aliphatic carbocycles. The van der Waals surface area contributed by atoms with E-state index in [9.17, 15) is 13.6 Å². The standard InChI is InChI=1S/C30H33F3N4O5/c1-34-29(36-40-16-38)22-11-10-20(14-25(22)31)37-18-8-9-19(37)13-21(12-18)39-15-24-27(35-42-28(24)17-6-7-17)23-4-2-3-5-26(23)41-30(32)33/h2-5,10-11,14,16-19,21,29-30,34,36H,6-9,12-13,15H2,1H3. The molecule has 3 aliphatic rings. The number of aromatic nitrogens is 1. The number of hydroxylamine groups is 1. The van der Waals surface area contributed by atoms with Crippen LogP contribution >= 0.6 is 0 Å². The third kappa shape index (κ3) is 5.83. The monoisotopic (exact) mass is 586 g/mol. The van der Waals surface area contributed by atoms with Crippen molar-refractivity contribution in [2.45, 2.75) is 82.0 Å². The Morgan fingerprint density at radius 1 is 1.12 bits per heavy atom. The van der Waals surface area contributed by atoms with Crippen molar-refractivity contribution in [3.63, 3.8) is 0 Å². The molecule has 2 N–H and O–H groups in total. The molecule has 2 bridgehead atoms. The summed E-state index contributed by atoms with van der Waals surface area (Å²) in [5.41, 5.74) is 5.31. The topological polar surface area (TPSA) is 98.1 Å². The molecule has 0 spiro atoms. The lowest BCUT2D eigenvalue weighted by Gasteiger charge is -2.40. The molecule has 3 atom stereocenters. The first-order valence-electron chi connectivity index (χ1n) is 14.2. The fourth-order valence-electron chi connectivity index (χ4n) is 6.37. The lowest BCUT2D eigenvalue weighted by atomic mass is 9.98. The first-order valence-corrected chi connectivity index (χ1v) is 14.2. The zero-order valence-electron chi connectivity index (χ0n) is 23.1. The average molecular weight is 587 g/mol. The molecule has 3 aromatic rings. The van der Waals surface area contributed by atoms with E-state index in [1.165, 1.54) is 12.1 Å². The van der Waals surface area contributed by atoms with Crippen LogP contribution in [0.15, 0.2) is 47.0 Å². The molecular formula is C30H33F3N4O5. The van der Waals surface area contributed by atoms with Crippen LogP contribution in [0.2, 0.25) is 0 Å². The summed E-state index contributed by atoms with van der Waals surface area (Å²) in [5, 5.41) is 7.14. The fraction of sp³-hybridized carbons (Fsp3) is 0.467. The Kier molecular flexibility index (Phi) is 8.36. The van der Waals surface area contributed by atoms with Crippen molar-refractivity contribution in [2.75, 3.05) is 11.9 Å². The van der Waals surface area contributed by atoms with Crippen LogP contribution in [0.25, 0.3) is 11.3 Å². The molecule has 3 heterocycles. The number of piperidine rings is 1. The molecule has 3 unspecified atom stereocenters. The number of ether oxygens (including phenoxy) is 2. The lowest BCUT2D eigenvalue weighted by molar-refractivity contribution is -0.137. The first-order chi connectivity index (χ1) is 20.5. The van der Waals surface area contributed by atoms with Crippen LogP contribution in [0, 0.1) is 5.82 Å². The van der Waals surface area contributed by atoms with E-state index in [-0.39, 0.29) is 42.9 Å². The highest BCUT2D eigenvalue weighted by atomic mass is 19.3. The molecule has 12 heteroatoms.